The summed E-state index contributed by atoms with van der Waals surface area (Å²) in [5.41, 5.74) is 0. The van der Waals surface area contributed by atoms with Crippen molar-refractivity contribution in [3.05, 3.63) is 0 Å². The third kappa shape index (κ3) is 43.2. The first kappa shape index (κ1) is 15.6. The molecule has 0 aromatic heterocycles. The molecule has 0 rings (SSSR count). The van der Waals surface area contributed by atoms with Gasteiger partial charge in [-0.05, 0) is 0 Å². The standard InChI is InChI=1S/6BrH.Ir.K/h6*1H;;/q;;;;;;+4;+1/p-6. The van der Waals surface area contributed by atoms with E-state index in [4.69, 9.17) is 0 Å². The molecule has 0 unspecified atom stereocenters. The molecule has 0 fully saturated rings. The van der Waals surface area contributed by atoms with Crippen LogP contribution in [0.2, 0.25) is 0 Å². The number of hydrogen-bond donors (Lipinski definition) is 0. The maximum atomic E-state index is 3.35. The quantitative estimate of drug-likeness (QED) is 0.339. The van der Waals surface area contributed by atoms with Gasteiger partial charge in [-0.15, -0.1) is 0 Å². The Hall–Kier alpha value is 5.17. The van der Waals surface area contributed by atoms with Crippen LogP contribution in [-0.4, -0.2) is 0 Å². The molecule has 0 aliphatic rings. The third-order valence-electron chi connectivity index (χ3n) is 0. The van der Waals surface area contributed by atoms with E-state index in [0.29, 0.717) is 0 Å². The van der Waals surface area contributed by atoms with Crippen molar-refractivity contribution in [3.8, 4) is 0 Å². The molecule has 0 amide bonds. The molecule has 0 heterocycles. The second-order valence-electron chi connectivity index (χ2n) is 0.714. The minimum atomic E-state index is -3.29. The predicted octanol–water partition coefficient (Wildman–Crippen LogP) is 2.08. The summed E-state index contributed by atoms with van der Waals surface area (Å²) in [5, 5.41) is 0. The average Bonchev–Trinajstić information content (AvgIpc) is 0.592. The van der Waals surface area contributed by atoms with Crippen molar-refractivity contribution in [3.63, 3.8) is 0 Å². The molecule has 0 bridgehead atoms. The Morgan fingerprint density at radius 3 is 0.625 bits per heavy atom. The summed E-state index contributed by atoms with van der Waals surface area (Å²) in [6, 6.07) is 0. The van der Waals surface area contributed by atoms with Gasteiger partial charge in [0.1, 0.15) is 0 Å². The van der Waals surface area contributed by atoms with Crippen LogP contribution >= 0.6 is 81.0 Å². The van der Waals surface area contributed by atoms with Gasteiger partial charge in [0.05, 0.1) is 0 Å². The normalized spacial score (nSPS) is 20.2. The zero-order valence-electron chi connectivity index (χ0n) is 3.60. The van der Waals surface area contributed by atoms with E-state index in [1.54, 1.807) is 0 Å². The van der Waals surface area contributed by atoms with Crippen LogP contribution in [-0.2, 0) is 0.881 Å². The molecular formula is Br6IrK-. The number of halogens is 6. The summed E-state index contributed by atoms with van der Waals surface area (Å²) in [5.74, 6) is 0. The molecule has 0 N–H and O–H groups in total. The zero-order chi connectivity index (χ0) is 6.41. The fourth-order valence-corrected chi connectivity index (χ4v) is 0. The van der Waals surface area contributed by atoms with Crippen LogP contribution in [0.25, 0.3) is 0 Å². The Balaban J connectivity index is 0. The molecule has 8 heavy (non-hydrogen) atoms. The monoisotopic (exact) mass is 705 g/mol. The Kier molecular flexibility index (Phi) is 7.29. The van der Waals surface area contributed by atoms with E-state index < -0.39 is 0.881 Å². The maximum Gasteiger partial charge on any atom is 1.00 e. The number of rotatable bonds is 0. The summed E-state index contributed by atoms with van der Waals surface area (Å²) in [6.45, 7) is 0. The van der Waals surface area contributed by atoms with Crippen molar-refractivity contribution in [2.24, 2.45) is 0 Å². The molecule has 0 spiro atoms. The fraction of sp³-hybridized carbons (Fsp3) is 0. The van der Waals surface area contributed by atoms with Crippen LogP contribution in [0.4, 0.5) is 0 Å². The SMILES string of the molecule is [Br][Ir-2]([Br])([Br])([Br])([Br])[Br].[K+]. The topological polar surface area (TPSA) is 0 Å². The summed E-state index contributed by atoms with van der Waals surface area (Å²) < 4.78 is -3.29. The average molecular weight is 711 g/mol. The number of hydrogen-bond acceptors (Lipinski definition) is 0. The molecular weight excluding hydrogens is 711 g/mol. The van der Waals surface area contributed by atoms with Crippen LogP contribution < -0.4 is 51.4 Å². The minimum Gasteiger partial charge on any atom is 1.00 e. The molecule has 0 aliphatic heterocycles. The van der Waals surface area contributed by atoms with Crippen molar-refractivity contribution >= 4 is 81.0 Å². The summed E-state index contributed by atoms with van der Waals surface area (Å²) in [6.07, 6.45) is 0. The van der Waals surface area contributed by atoms with E-state index in [-0.39, 0.29) is 51.4 Å². The molecule has 53 valence electrons. The van der Waals surface area contributed by atoms with Crippen LogP contribution in [0.15, 0.2) is 0 Å². The summed E-state index contributed by atoms with van der Waals surface area (Å²) in [7, 11) is 0. The van der Waals surface area contributed by atoms with Crippen molar-refractivity contribution in [2.45, 2.75) is 0 Å². The van der Waals surface area contributed by atoms with E-state index in [9.17, 15) is 0 Å². The Labute approximate surface area is 129 Å². The van der Waals surface area contributed by atoms with Crippen molar-refractivity contribution in [1.29, 1.82) is 0 Å². The van der Waals surface area contributed by atoms with Gasteiger partial charge in [0, 0.05) is 0 Å². The molecule has 0 saturated heterocycles. The molecule has 0 aliphatic carbocycles. The van der Waals surface area contributed by atoms with Crippen molar-refractivity contribution in [1.82, 2.24) is 0 Å². The first-order valence-electron chi connectivity index (χ1n) is 0.756. The molecule has 0 nitrogen and oxygen atoms in total. The second kappa shape index (κ2) is 3.73. The molecule has 0 aromatic rings. The Bertz CT molecular complexity index is 67.1. The summed E-state index contributed by atoms with van der Waals surface area (Å²) in [4.78, 5) is 0. The summed E-state index contributed by atoms with van der Waals surface area (Å²) >= 11 is 20.1. The van der Waals surface area contributed by atoms with Gasteiger partial charge in [-0.2, -0.15) is 0 Å². The van der Waals surface area contributed by atoms with E-state index in [2.05, 4.69) is 81.0 Å². The van der Waals surface area contributed by atoms with Gasteiger partial charge >= 0.3 is 133 Å². The van der Waals surface area contributed by atoms with Gasteiger partial charge in [0.2, 0.25) is 0 Å². The molecule has 0 aromatic carbocycles. The predicted molar refractivity (Wildman–Crippen MR) is 53.6 cm³/mol. The van der Waals surface area contributed by atoms with E-state index in [1.807, 2.05) is 0 Å². The fourth-order valence-electron chi connectivity index (χ4n) is 0. The van der Waals surface area contributed by atoms with Gasteiger partial charge in [0.25, 0.3) is 0 Å². The Morgan fingerprint density at radius 1 is 0.625 bits per heavy atom. The van der Waals surface area contributed by atoms with Crippen LogP contribution in [0, 0.1) is 0 Å². The zero-order valence-corrected chi connectivity index (χ0v) is 18.6. The van der Waals surface area contributed by atoms with Gasteiger partial charge < -0.3 is 0 Å². The van der Waals surface area contributed by atoms with Crippen LogP contribution in [0.3, 0.4) is 0 Å². The largest absolute Gasteiger partial charge is 1.00 e. The molecule has 0 saturated carbocycles. The molecule has 0 atom stereocenters. The van der Waals surface area contributed by atoms with E-state index in [1.165, 1.54) is 0 Å². The van der Waals surface area contributed by atoms with Gasteiger partial charge in [-0.25, -0.2) is 0 Å². The third-order valence-corrected chi connectivity index (χ3v) is 0. The maximum absolute atomic E-state index is 3.35. The van der Waals surface area contributed by atoms with Crippen molar-refractivity contribution < 1.29 is 52.3 Å². The second-order valence-corrected chi connectivity index (χ2v) is 158. The van der Waals surface area contributed by atoms with E-state index >= 15 is 0 Å². The smallest absolute Gasteiger partial charge is 1.00 e. The molecule has 0 radical (unpaired) electrons. The van der Waals surface area contributed by atoms with Crippen LogP contribution in [0.5, 0.6) is 0 Å². The van der Waals surface area contributed by atoms with Gasteiger partial charge in [-0.3, -0.25) is 0 Å². The Morgan fingerprint density at radius 2 is 0.625 bits per heavy atom. The van der Waals surface area contributed by atoms with Gasteiger partial charge in [-0.1, -0.05) is 0 Å². The first-order valence-corrected chi connectivity index (χ1v) is 32.2. The van der Waals surface area contributed by atoms with Crippen LogP contribution in [0.1, 0.15) is 0 Å². The molecule has 8 heteroatoms. The first-order chi connectivity index (χ1) is 2.45. The van der Waals surface area contributed by atoms with Crippen molar-refractivity contribution in [2.75, 3.05) is 0 Å². The van der Waals surface area contributed by atoms with E-state index in [0.717, 1.165) is 0 Å². The minimum absolute atomic E-state index is 0. The van der Waals surface area contributed by atoms with Gasteiger partial charge in [0.15, 0.2) is 0 Å².